The summed E-state index contributed by atoms with van der Waals surface area (Å²) >= 11 is 0. The normalized spacial score (nSPS) is 16.9. The molecule has 0 unspecified atom stereocenters. The van der Waals surface area contributed by atoms with Gasteiger partial charge in [-0.15, -0.1) is 0 Å². The first-order chi connectivity index (χ1) is 13.4. The lowest BCUT2D eigenvalue weighted by Gasteiger charge is -2.18. The predicted molar refractivity (Wildman–Crippen MR) is 106 cm³/mol. The Morgan fingerprint density at radius 3 is 2.86 bits per heavy atom. The summed E-state index contributed by atoms with van der Waals surface area (Å²) in [4.78, 5) is 43.4. The maximum Gasteiger partial charge on any atom is 0.261 e. The van der Waals surface area contributed by atoms with E-state index in [1.165, 1.54) is 10.9 Å². The molecule has 0 spiro atoms. The van der Waals surface area contributed by atoms with Gasteiger partial charge in [0.05, 0.1) is 36.3 Å². The molecule has 0 saturated carbocycles. The van der Waals surface area contributed by atoms with Crippen molar-refractivity contribution in [2.75, 3.05) is 32.1 Å². The largest absolute Gasteiger partial charge is 0.383 e. The van der Waals surface area contributed by atoms with E-state index < -0.39 is 0 Å². The number of carbonyl (C=O) groups excluding carboxylic acids is 2. The van der Waals surface area contributed by atoms with Gasteiger partial charge < -0.3 is 15.0 Å². The highest BCUT2D eigenvalue weighted by Gasteiger charge is 2.34. The smallest absolute Gasteiger partial charge is 0.261 e. The van der Waals surface area contributed by atoms with Gasteiger partial charge in [0.2, 0.25) is 11.8 Å². The van der Waals surface area contributed by atoms with E-state index in [1.807, 2.05) is 13.8 Å². The van der Waals surface area contributed by atoms with Crippen molar-refractivity contribution >= 4 is 28.4 Å². The molecule has 1 aliphatic rings. The van der Waals surface area contributed by atoms with E-state index in [4.69, 9.17) is 4.74 Å². The van der Waals surface area contributed by atoms with Gasteiger partial charge in [-0.25, -0.2) is 4.98 Å². The number of amides is 2. The molecule has 150 valence electrons. The van der Waals surface area contributed by atoms with Crippen LogP contribution in [-0.4, -0.2) is 53.1 Å². The zero-order valence-electron chi connectivity index (χ0n) is 16.5. The molecule has 1 aromatic heterocycles. The van der Waals surface area contributed by atoms with Crippen molar-refractivity contribution < 1.29 is 14.3 Å². The van der Waals surface area contributed by atoms with Crippen LogP contribution in [0.25, 0.3) is 10.9 Å². The highest BCUT2D eigenvalue weighted by atomic mass is 16.5. The average molecular weight is 386 g/mol. The van der Waals surface area contributed by atoms with Crippen LogP contribution < -0.4 is 10.9 Å². The summed E-state index contributed by atoms with van der Waals surface area (Å²) < 4.78 is 6.49. The van der Waals surface area contributed by atoms with Gasteiger partial charge in [-0.2, -0.15) is 0 Å². The Hall–Kier alpha value is -2.74. The van der Waals surface area contributed by atoms with E-state index in [0.717, 1.165) is 0 Å². The topological polar surface area (TPSA) is 93.5 Å². The Labute approximate surface area is 163 Å². The summed E-state index contributed by atoms with van der Waals surface area (Å²) in [5.74, 6) is -0.214. The molecule has 2 heterocycles. The van der Waals surface area contributed by atoms with Crippen LogP contribution in [0.1, 0.15) is 20.3 Å². The predicted octanol–water partition coefficient (Wildman–Crippen LogP) is 1.49. The summed E-state index contributed by atoms with van der Waals surface area (Å²) in [5.41, 5.74) is 0.906. The molecule has 0 radical (unpaired) electrons. The van der Waals surface area contributed by atoms with Crippen molar-refractivity contribution in [1.29, 1.82) is 0 Å². The molecule has 1 aromatic carbocycles. The number of nitrogens with zero attached hydrogens (tertiary/aromatic N) is 3. The van der Waals surface area contributed by atoms with Gasteiger partial charge >= 0.3 is 0 Å². The zero-order chi connectivity index (χ0) is 20.3. The molecule has 2 aromatic rings. The third-order valence-corrected chi connectivity index (χ3v) is 4.80. The molecule has 2 amide bonds. The first kappa shape index (κ1) is 20.0. The second kappa shape index (κ2) is 8.52. The van der Waals surface area contributed by atoms with Crippen molar-refractivity contribution in [3.63, 3.8) is 0 Å². The number of anilines is 1. The molecule has 0 aliphatic carbocycles. The van der Waals surface area contributed by atoms with Crippen LogP contribution >= 0.6 is 0 Å². The molecular weight excluding hydrogens is 360 g/mol. The first-order valence-corrected chi connectivity index (χ1v) is 9.45. The Kier molecular flexibility index (Phi) is 6.08. The number of nitrogens with one attached hydrogen (secondary N) is 1. The maximum atomic E-state index is 12.6. The lowest BCUT2D eigenvalue weighted by atomic mass is 10.1. The second-order valence-corrected chi connectivity index (χ2v) is 7.55. The van der Waals surface area contributed by atoms with Gasteiger partial charge in [-0.05, 0) is 24.1 Å². The number of benzene rings is 1. The SMILES string of the molecule is COCCn1cnc2ccc(NC(=O)[C@H]3CC(=O)N(CC(C)C)C3)cc2c1=O. The number of rotatable bonds is 7. The van der Waals surface area contributed by atoms with Crippen LogP contribution in [0.4, 0.5) is 5.69 Å². The number of fused-ring (bicyclic) bond motifs is 1. The average Bonchev–Trinajstić information content (AvgIpc) is 3.01. The number of hydrogen-bond acceptors (Lipinski definition) is 5. The van der Waals surface area contributed by atoms with E-state index in [1.54, 1.807) is 30.2 Å². The first-order valence-electron chi connectivity index (χ1n) is 9.45. The minimum atomic E-state index is -0.380. The van der Waals surface area contributed by atoms with E-state index in [2.05, 4.69) is 10.3 Å². The number of methoxy groups -OCH3 is 1. The van der Waals surface area contributed by atoms with Crippen molar-refractivity contribution in [2.45, 2.75) is 26.8 Å². The fourth-order valence-corrected chi connectivity index (χ4v) is 3.39. The highest BCUT2D eigenvalue weighted by Crippen LogP contribution is 2.22. The van der Waals surface area contributed by atoms with Gasteiger partial charge in [0.15, 0.2) is 0 Å². The van der Waals surface area contributed by atoms with Crippen molar-refractivity contribution in [3.05, 3.63) is 34.9 Å². The summed E-state index contributed by atoms with van der Waals surface area (Å²) in [6.45, 7) is 6.00. The van der Waals surface area contributed by atoms with Gasteiger partial charge in [0.1, 0.15) is 0 Å². The minimum absolute atomic E-state index is 0.0117. The molecule has 1 saturated heterocycles. The number of aromatic nitrogens is 2. The number of hydrogen-bond donors (Lipinski definition) is 1. The van der Waals surface area contributed by atoms with E-state index in [-0.39, 0.29) is 29.7 Å². The fourth-order valence-electron chi connectivity index (χ4n) is 3.39. The summed E-state index contributed by atoms with van der Waals surface area (Å²) in [6.07, 6.45) is 1.72. The molecule has 1 aliphatic heterocycles. The Morgan fingerprint density at radius 2 is 2.14 bits per heavy atom. The van der Waals surface area contributed by atoms with Crippen LogP contribution in [0.3, 0.4) is 0 Å². The molecule has 8 heteroatoms. The third kappa shape index (κ3) is 4.39. The van der Waals surface area contributed by atoms with Crippen LogP contribution in [0.5, 0.6) is 0 Å². The Morgan fingerprint density at radius 1 is 1.36 bits per heavy atom. The van der Waals surface area contributed by atoms with E-state index >= 15 is 0 Å². The highest BCUT2D eigenvalue weighted by molar-refractivity contribution is 5.98. The Bertz CT molecular complexity index is 937. The fraction of sp³-hybridized carbons (Fsp3) is 0.500. The van der Waals surface area contributed by atoms with E-state index in [0.29, 0.717) is 48.7 Å². The molecule has 28 heavy (non-hydrogen) atoms. The van der Waals surface area contributed by atoms with Gasteiger partial charge in [-0.3, -0.25) is 19.0 Å². The molecule has 3 rings (SSSR count). The standard InChI is InChI=1S/C20H26N4O4/c1-13(2)10-24-11-14(8-18(24)25)19(26)22-15-4-5-17-16(9-15)20(27)23(12-21-17)6-7-28-3/h4-5,9,12-14H,6-8,10-11H2,1-3H3,(H,22,26)/t14-/m0/s1. The summed E-state index contributed by atoms with van der Waals surface area (Å²) in [5, 5.41) is 3.27. The van der Waals surface area contributed by atoms with Crippen LogP contribution in [0.2, 0.25) is 0 Å². The molecular formula is C20H26N4O4. The molecule has 1 N–H and O–H groups in total. The van der Waals surface area contributed by atoms with Crippen LogP contribution in [0, 0.1) is 11.8 Å². The molecule has 8 nitrogen and oxygen atoms in total. The van der Waals surface area contributed by atoms with Gasteiger partial charge in [-0.1, -0.05) is 13.8 Å². The van der Waals surface area contributed by atoms with Crippen LogP contribution in [0.15, 0.2) is 29.3 Å². The Balaban J connectivity index is 1.75. The third-order valence-electron chi connectivity index (χ3n) is 4.80. The lowest BCUT2D eigenvalue weighted by Crippen LogP contribution is -2.31. The lowest BCUT2D eigenvalue weighted by molar-refractivity contribution is -0.128. The minimum Gasteiger partial charge on any atom is -0.383 e. The van der Waals surface area contributed by atoms with E-state index in [9.17, 15) is 14.4 Å². The number of ether oxygens (including phenoxy) is 1. The summed E-state index contributed by atoms with van der Waals surface area (Å²) in [7, 11) is 1.57. The van der Waals surface area contributed by atoms with Crippen molar-refractivity contribution in [3.8, 4) is 0 Å². The second-order valence-electron chi connectivity index (χ2n) is 7.55. The van der Waals surface area contributed by atoms with Crippen molar-refractivity contribution in [1.82, 2.24) is 14.5 Å². The zero-order valence-corrected chi connectivity index (χ0v) is 16.5. The monoisotopic (exact) mass is 386 g/mol. The van der Waals surface area contributed by atoms with Gasteiger partial charge in [0, 0.05) is 32.3 Å². The van der Waals surface area contributed by atoms with Crippen LogP contribution in [-0.2, 0) is 20.9 Å². The number of likely N-dealkylation sites (tertiary alicyclic amines) is 1. The number of carbonyl (C=O) groups is 2. The maximum absolute atomic E-state index is 12.6. The van der Waals surface area contributed by atoms with Crippen molar-refractivity contribution in [2.24, 2.45) is 11.8 Å². The quantitative estimate of drug-likeness (QED) is 0.778. The molecule has 1 fully saturated rings. The summed E-state index contributed by atoms with van der Waals surface area (Å²) in [6, 6.07) is 5.06. The molecule has 1 atom stereocenters. The molecule has 0 bridgehead atoms. The van der Waals surface area contributed by atoms with Gasteiger partial charge in [0.25, 0.3) is 5.56 Å².